The number of carbonyl (C=O) groups excluding carboxylic acids is 2. The predicted molar refractivity (Wildman–Crippen MR) is 98.8 cm³/mol. The van der Waals surface area contributed by atoms with Crippen molar-refractivity contribution in [1.29, 1.82) is 0 Å². The third-order valence-corrected chi connectivity index (χ3v) is 4.93. The number of amides is 2. The first-order valence-corrected chi connectivity index (χ1v) is 9.08. The molecule has 3 unspecified atom stereocenters. The van der Waals surface area contributed by atoms with Gasteiger partial charge in [0.15, 0.2) is 0 Å². The lowest BCUT2D eigenvalue weighted by Gasteiger charge is -2.37. The second-order valence-corrected chi connectivity index (χ2v) is 7.63. The summed E-state index contributed by atoms with van der Waals surface area (Å²) in [5, 5.41) is 12.2. The largest absolute Gasteiger partial charge is 0.481 e. The average Bonchev–Trinajstić information content (AvgIpc) is 2.58. The van der Waals surface area contributed by atoms with Gasteiger partial charge in [-0.15, -0.1) is 0 Å². The zero-order valence-electron chi connectivity index (χ0n) is 15.9. The van der Waals surface area contributed by atoms with Gasteiger partial charge in [0.2, 0.25) is 5.91 Å². The summed E-state index contributed by atoms with van der Waals surface area (Å²) in [7, 11) is 0. The van der Waals surface area contributed by atoms with Crippen molar-refractivity contribution < 1.29 is 19.5 Å². The molecule has 142 valence electrons. The first-order chi connectivity index (χ1) is 12.2. The van der Waals surface area contributed by atoms with Crippen LogP contribution in [0, 0.1) is 24.7 Å². The Morgan fingerprint density at radius 3 is 2.42 bits per heavy atom. The summed E-state index contributed by atoms with van der Waals surface area (Å²) in [6.07, 6.45) is 0.570. The Morgan fingerprint density at radius 2 is 1.85 bits per heavy atom. The molecule has 0 spiro atoms. The van der Waals surface area contributed by atoms with Gasteiger partial charge < -0.3 is 15.3 Å². The maximum atomic E-state index is 13.0. The molecule has 0 aliphatic carbocycles. The Hall–Kier alpha value is -2.37. The number of hydrogen-bond donors (Lipinski definition) is 2. The minimum absolute atomic E-state index is 0.101. The smallest absolute Gasteiger partial charge is 0.308 e. The second-order valence-electron chi connectivity index (χ2n) is 7.63. The molecule has 0 aromatic heterocycles. The molecule has 26 heavy (non-hydrogen) atoms. The minimum Gasteiger partial charge on any atom is -0.481 e. The summed E-state index contributed by atoms with van der Waals surface area (Å²) in [5.41, 5.74) is 1.39. The topological polar surface area (TPSA) is 86.7 Å². The molecule has 0 bridgehead atoms. The van der Waals surface area contributed by atoms with Gasteiger partial charge in [0.05, 0.1) is 5.92 Å². The summed E-state index contributed by atoms with van der Waals surface area (Å²) in [5.74, 6) is -1.90. The van der Waals surface area contributed by atoms with Crippen LogP contribution in [0.1, 0.15) is 43.1 Å². The number of piperidine rings is 1. The maximum absolute atomic E-state index is 13.0. The lowest BCUT2D eigenvalue weighted by molar-refractivity contribution is -0.147. The van der Waals surface area contributed by atoms with Gasteiger partial charge >= 0.3 is 5.97 Å². The van der Waals surface area contributed by atoms with E-state index in [9.17, 15) is 19.5 Å². The quantitative estimate of drug-likeness (QED) is 0.844. The highest BCUT2D eigenvalue weighted by Gasteiger charge is 2.36. The van der Waals surface area contributed by atoms with Crippen LogP contribution in [0.5, 0.6) is 0 Å². The van der Waals surface area contributed by atoms with E-state index in [1.807, 2.05) is 39.8 Å². The van der Waals surface area contributed by atoms with E-state index in [2.05, 4.69) is 5.32 Å². The van der Waals surface area contributed by atoms with Crippen molar-refractivity contribution in [1.82, 2.24) is 10.2 Å². The van der Waals surface area contributed by atoms with E-state index in [4.69, 9.17) is 0 Å². The van der Waals surface area contributed by atoms with Gasteiger partial charge in [-0.25, -0.2) is 0 Å². The maximum Gasteiger partial charge on any atom is 0.308 e. The molecule has 1 aromatic carbocycles. The van der Waals surface area contributed by atoms with Crippen molar-refractivity contribution >= 4 is 17.8 Å². The molecule has 2 rings (SSSR count). The lowest BCUT2D eigenvalue weighted by atomic mass is 9.89. The van der Waals surface area contributed by atoms with Crippen molar-refractivity contribution in [3.05, 3.63) is 35.4 Å². The van der Waals surface area contributed by atoms with E-state index in [0.29, 0.717) is 18.5 Å². The number of rotatable bonds is 5. The summed E-state index contributed by atoms with van der Waals surface area (Å²) in [4.78, 5) is 38.6. The molecular weight excluding hydrogens is 332 g/mol. The highest BCUT2D eigenvalue weighted by molar-refractivity contribution is 5.98. The Balaban J connectivity index is 2.16. The molecule has 6 heteroatoms. The molecule has 1 aliphatic rings. The van der Waals surface area contributed by atoms with Gasteiger partial charge in [-0.3, -0.25) is 14.4 Å². The van der Waals surface area contributed by atoms with Crippen molar-refractivity contribution in [3.8, 4) is 0 Å². The number of benzene rings is 1. The van der Waals surface area contributed by atoms with Crippen LogP contribution in [-0.4, -0.2) is 46.9 Å². The Labute approximate surface area is 154 Å². The number of carboxylic acid groups (broad SMARTS) is 1. The normalized spacial score (nSPS) is 21.3. The number of carbonyl (C=O) groups is 3. The van der Waals surface area contributed by atoms with E-state index in [-0.39, 0.29) is 30.2 Å². The number of carboxylic acids is 1. The summed E-state index contributed by atoms with van der Waals surface area (Å²) >= 11 is 0. The Kier molecular flexibility index (Phi) is 6.40. The molecule has 2 N–H and O–H groups in total. The fourth-order valence-corrected chi connectivity index (χ4v) is 3.47. The molecule has 2 amide bonds. The van der Waals surface area contributed by atoms with Crippen LogP contribution in [-0.2, 0) is 9.59 Å². The SMILES string of the molecule is Cc1ccccc1C(=O)NC(C(=O)N1CC(C)CC(C(=O)O)C1)C(C)C. The third kappa shape index (κ3) is 4.62. The summed E-state index contributed by atoms with van der Waals surface area (Å²) in [6, 6.07) is 6.55. The van der Waals surface area contributed by atoms with E-state index < -0.39 is 17.9 Å². The minimum atomic E-state index is -0.876. The number of nitrogens with zero attached hydrogens (tertiary/aromatic N) is 1. The number of aliphatic carboxylic acids is 1. The van der Waals surface area contributed by atoms with E-state index in [1.54, 1.807) is 17.0 Å². The van der Waals surface area contributed by atoms with E-state index >= 15 is 0 Å². The number of aryl methyl sites for hydroxylation is 1. The van der Waals surface area contributed by atoms with Crippen LogP contribution in [0.4, 0.5) is 0 Å². The van der Waals surface area contributed by atoms with Crippen molar-refractivity contribution in [2.24, 2.45) is 17.8 Å². The molecule has 3 atom stereocenters. The fraction of sp³-hybridized carbons (Fsp3) is 0.550. The van der Waals surface area contributed by atoms with Crippen LogP contribution in [0.2, 0.25) is 0 Å². The predicted octanol–water partition coefficient (Wildman–Crippen LogP) is 2.32. The Bertz CT molecular complexity index is 686. The molecule has 0 saturated carbocycles. The van der Waals surface area contributed by atoms with Gasteiger partial charge in [0.25, 0.3) is 5.91 Å². The third-order valence-electron chi connectivity index (χ3n) is 4.93. The fourth-order valence-electron chi connectivity index (χ4n) is 3.47. The highest BCUT2D eigenvalue weighted by Crippen LogP contribution is 2.23. The van der Waals surface area contributed by atoms with Crippen LogP contribution < -0.4 is 5.32 Å². The second kappa shape index (κ2) is 8.34. The summed E-state index contributed by atoms with van der Waals surface area (Å²) < 4.78 is 0. The molecular formula is C20H28N2O4. The van der Waals surface area contributed by atoms with E-state index in [1.165, 1.54) is 0 Å². The van der Waals surface area contributed by atoms with Gasteiger partial charge in [-0.1, -0.05) is 39.0 Å². The molecule has 1 fully saturated rings. The molecule has 0 radical (unpaired) electrons. The summed E-state index contributed by atoms with van der Waals surface area (Å²) in [6.45, 7) is 8.27. The van der Waals surface area contributed by atoms with Crippen LogP contribution in [0.3, 0.4) is 0 Å². The van der Waals surface area contributed by atoms with Crippen molar-refractivity contribution in [3.63, 3.8) is 0 Å². The van der Waals surface area contributed by atoms with Crippen molar-refractivity contribution in [2.75, 3.05) is 13.1 Å². The van der Waals surface area contributed by atoms with Gasteiger partial charge in [-0.05, 0) is 36.8 Å². The monoisotopic (exact) mass is 360 g/mol. The highest BCUT2D eigenvalue weighted by atomic mass is 16.4. The molecule has 1 aromatic rings. The molecule has 1 heterocycles. The zero-order valence-corrected chi connectivity index (χ0v) is 15.9. The van der Waals surface area contributed by atoms with E-state index in [0.717, 1.165) is 5.56 Å². The standard InChI is InChI=1S/C20H28N2O4/c1-12(2)17(21-18(23)16-8-6-5-7-14(16)4)19(24)22-10-13(3)9-15(11-22)20(25)26/h5-8,12-13,15,17H,9-11H2,1-4H3,(H,21,23)(H,25,26). The molecule has 1 aliphatic heterocycles. The first-order valence-electron chi connectivity index (χ1n) is 9.08. The van der Waals surface area contributed by atoms with Gasteiger partial charge in [0.1, 0.15) is 6.04 Å². The molecule has 6 nitrogen and oxygen atoms in total. The van der Waals surface area contributed by atoms with Crippen LogP contribution in [0.25, 0.3) is 0 Å². The number of nitrogens with one attached hydrogen (secondary N) is 1. The number of likely N-dealkylation sites (tertiary alicyclic amines) is 1. The number of hydrogen-bond acceptors (Lipinski definition) is 3. The van der Waals surface area contributed by atoms with Gasteiger partial charge in [-0.2, -0.15) is 0 Å². The first kappa shape index (κ1) is 19.9. The molecule has 1 saturated heterocycles. The van der Waals surface area contributed by atoms with Crippen molar-refractivity contribution in [2.45, 2.75) is 40.2 Å². The Morgan fingerprint density at radius 1 is 1.19 bits per heavy atom. The van der Waals surface area contributed by atoms with Gasteiger partial charge in [0, 0.05) is 18.7 Å². The zero-order chi connectivity index (χ0) is 19.4. The van der Waals surface area contributed by atoms with Crippen LogP contribution in [0.15, 0.2) is 24.3 Å². The lowest BCUT2D eigenvalue weighted by Crippen LogP contribution is -2.55. The van der Waals surface area contributed by atoms with Crippen LogP contribution >= 0.6 is 0 Å². The average molecular weight is 360 g/mol.